The fourth-order valence-electron chi connectivity index (χ4n) is 4.52. The summed E-state index contributed by atoms with van der Waals surface area (Å²) in [6.07, 6.45) is 21.4. The zero-order valence-electron chi connectivity index (χ0n) is 23.5. The molecule has 0 saturated heterocycles. The molecule has 0 aliphatic heterocycles. The molecule has 0 saturated carbocycles. The summed E-state index contributed by atoms with van der Waals surface area (Å²) < 4.78 is 28.0. The van der Waals surface area contributed by atoms with Crippen molar-refractivity contribution in [3.05, 3.63) is 43.2 Å². The Labute approximate surface area is 218 Å². The summed E-state index contributed by atoms with van der Waals surface area (Å²) in [6, 6.07) is 7.89. The second-order valence-electron chi connectivity index (χ2n) is 9.64. The minimum absolute atomic E-state index is 0.130. The van der Waals surface area contributed by atoms with Gasteiger partial charge in [-0.25, -0.2) is 0 Å². The maximum absolute atomic E-state index is 11.1. The minimum Gasteiger partial charge on any atom is -0.388 e. The monoisotopic (exact) mass is 510 g/mol. The van der Waals surface area contributed by atoms with Crippen molar-refractivity contribution in [1.82, 2.24) is 0 Å². The van der Waals surface area contributed by atoms with Gasteiger partial charge >= 0.3 is 10.1 Å². The van der Waals surface area contributed by atoms with Crippen molar-refractivity contribution in [3.63, 3.8) is 0 Å². The van der Waals surface area contributed by atoms with Crippen LogP contribution in [-0.4, -0.2) is 39.1 Å². The van der Waals surface area contributed by atoms with Gasteiger partial charge < -0.3 is 8.67 Å². The van der Waals surface area contributed by atoms with Crippen molar-refractivity contribution >= 4 is 10.1 Å². The van der Waals surface area contributed by atoms with E-state index in [0.717, 1.165) is 6.26 Å². The highest BCUT2D eigenvalue weighted by atomic mass is 32.2. The first-order valence-electron chi connectivity index (χ1n) is 14.4. The lowest BCUT2D eigenvalue weighted by Crippen LogP contribution is -2.48. The minimum atomic E-state index is -3.63. The van der Waals surface area contributed by atoms with Crippen LogP contribution < -0.4 is 0 Å². The Morgan fingerprint density at radius 2 is 1.09 bits per heavy atom. The molecule has 5 heteroatoms. The van der Waals surface area contributed by atoms with Crippen LogP contribution >= 0.6 is 0 Å². The van der Waals surface area contributed by atoms with Gasteiger partial charge in [-0.2, -0.15) is 8.42 Å². The van der Waals surface area contributed by atoms with Gasteiger partial charge in [0.05, 0.1) is 32.4 Å². The molecule has 0 bridgehead atoms. The third-order valence-electron chi connectivity index (χ3n) is 7.23. The quantitative estimate of drug-likeness (QED) is 0.0717. The van der Waals surface area contributed by atoms with Gasteiger partial charge in [0, 0.05) is 0 Å². The summed E-state index contributed by atoms with van der Waals surface area (Å²) >= 11 is 0. The summed E-state index contributed by atoms with van der Waals surface area (Å²) in [7, 11) is -3.63. The first-order chi connectivity index (χ1) is 16.9. The Morgan fingerprint density at radius 1 is 0.686 bits per heavy atom. The molecular weight excluding hydrogens is 454 g/mol. The van der Waals surface area contributed by atoms with Crippen LogP contribution in [0, 0.1) is 0 Å². The van der Waals surface area contributed by atoms with E-state index >= 15 is 0 Å². The molecule has 0 fully saturated rings. The van der Waals surface area contributed by atoms with Gasteiger partial charge in [0.15, 0.2) is 0 Å². The molecule has 204 valence electrons. The highest BCUT2D eigenvalue weighted by molar-refractivity contribution is 7.86. The molecule has 0 spiro atoms. The van der Waals surface area contributed by atoms with Crippen LogP contribution in [0.2, 0.25) is 0 Å². The fraction of sp³-hybridized carbons (Fsp3) is 0.733. The lowest BCUT2D eigenvalue weighted by atomic mass is 10.0. The van der Waals surface area contributed by atoms with Gasteiger partial charge in [0.2, 0.25) is 0 Å². The van der Waals surface area contributed by atoms with Crippen LogP contribution in [0.1, 0.15) is 118 Å². The van der Waals surface area contributed by atoms with Crippen LogP contribution in [0.5, 0.6) is 0 Å². The van der Waals surface area contributed by atoms with Gasteiger partial charge in [-0.1, -0.05) is 109 Å². The molecule has 0 aromatic heterocycles. The average molecular weight is 511 g/mol. The maximum Gasteiger partial charge on any atom is 0.338 e. The highest BCUT2D eigenvalue weighted by Gasteiger charge is 2.19. The van der Waals surface area contributed by atoms with E-state index in [1.54, 1.807) is 18.2 Å². The third kappa shape index (κ3) is 16.9. The molecule has 0 N–H and O–H groups in total. The molecule has 0 unspecified atom stereocenters. The highest BCUT2D eigenvalue weighted by Crippen LogP contribution is 2.15. The molecule has 1 aromatic carbocycles. The first-order valence-corrected chi connectivity index (χ1v) is 15.8. The Morgan fingerprint density at radius 3 is 1.46 bits per heavy atom. The van der Waals surface area contributed by atoms with E-state index in [4.69, 9.17) is 0 Å². The molecule has 0 amide bonds. The van der Waals surface area contributed by atoms with Crippen molar-refractivity contribution in [1.29, 1.82) is 0 Å². The number of nitrogens with zero attached hydrogens (tertiary/aromatic N) is 1. The van der Waals surface area contributed by atoms with Crippen LogP contribution in [0.15, 0.2) is 48.1 Å². The van der Waals surface area contributed by atoms with Gasteiger partial charge in [0.25, 0.3) is 0 Å². The summed E-state index contributed by atoms with van der Waals surface area (Å²) in [6.45, 7) is 17.9. The largest absolute Gasteiger partial charge is 0.388 e. The fourth-order valence-corrected chi connectivity index (χ4v) is 5.30. The van der Waals surface area contributed by atoms with E-state index in [9.17, 15) is 8.42 Å². The third-order valence-corrected chi connectivity index (χ3v) is 8.46. The van der Waals surface area contributed by atoms with Gasteiger partial charge in [0.1, 0.15) is 4.90 Å². The molecule has 35 heavy (non-hydrogen) atoms. The molecule has 0 atom stereocenters. The summed E-state index contributed by atoms with van der Waals surface area (Å²) in [5.74, 6) is 0. The molecule has 1 rings (SSSR count). The number of benzene rings is 1. The number of hydrogen-bond donors (Lipinski definition) is 0. The van der Waals surface area contributed by atoms with E-state index in [1.165, 1.54) is 133 Å². The summed E-state index contributed by atoms with van der Waals surface area (Å²) in [5, 5.41) is 0. The van der Waals surface area contributed by atoms with Crippen LogP contribution in [0.3, 0.4) is 0 Å². The van der Waals surface area contributed by atoms with Gasteiger partial charge in [-0.15, -0.1) is 0 Å². The van der Waals surface area contributed by atoms with Crippen molar-refractivity contribution in [2.75, 3.05) is 26.2 Å². The first kappa shape index (κ1) is 33.7. The lowest BCUT2D eigenvalue weighted by molar-refractivity contribution is -0.923. The zero-order valence-corrected chi connectivity index (χ0v) is 24.3. The van der Waals surface area contributed by atoms with E-state index in [1.807, 2.05) is 0 Å². The SMILES string of the molecule is C=COS(=O)(=O)c1ccccc1.CCCCCCCCCCCCCCCC[N+](CC)(CC)CC. The zero-order chi connectivity index (χ0) is 26.3. The molecular formula is C30H56NO3S+. The summed E-state index contributed by atoms with van der Waals surface area (Å²) in [4.78, 5) is 0.130. The molecule has 0 aliphatic rings. The average Bonchev–Trinajstić information content (AvgIpc) is 2.88. The van der Waals surface area contributed by atoms with Crippen molar-refractivity contribution in [3.8, 4) is 0 Å². The Hall–Kier alpha value is -1.33. The Bertz CT molecular complexity index is 691. The topological polar surface area (TPSA) is 43.4 Å². The predicted molar refractivity (Wildman–Crippen MR) is 152 cm³/mol. The van der Waals surface area contributed by atoms with Crippen LogP contribution in [-0.2, 0) is 14.3 Å². The maximum atomic E-state index is 11.1. The Kier molecular flexibility index (Phi) is 21.1. The van der Waals surface area contributed by atoms with Gasteiger partial charge in [-0.05, 0) is 45.7 Å². The molecule has 0 aliphatic carbocycles. The summed E-state index contributed by atoms with van der Waals surface area (Å²) in [5.41, 5.74) is 0. The lowest BCUT2D eigenvalue weighted by Gasteiger charge is -2.35. The smallest absolute Gasteiger partial charge is 0.338 e. The molecule has 0 radical (unpaired) electrons. The van der Waals surface area contributed by atoms with Crippen LogP contribution in [0.4, 0.5) is 0 Å². The van der Waals surface area contributed by atoms with E-state index in [0.29, 0.717) is 0 Å². The van der Waals surface area contributed by atoms with Crippen molar-refractivity contribution in [2.45, 2.75) is 122 Å². The Balaban J connectivity index is 0.000000801. The number of rotatable bonds is 21. The van der Waals surface area contributed by atoms with E-state index in [-0.39, 0.29) is 4.90 Å². The van der Waals surface area contributed by atoms with Gasteiger partial charge in [-0.3, -0.25) is 0 Å². The number of unbranched alkanes of at least 4 members (excludes halogenated alkanes) is 13. The number of hydrogen-bond acceptors (Lipinski definition) is 3. The normalized spacial score (nSPS) is 11.5. The van der Waals surface area contributed by atoms with Crippen molar-refractivity contribution < 1.29 is 17.1 Å². The molecule has 4 nitrogen and oxygen atoms in total. The standard InChI is InChI=1S/C22H48N.C8H8O3S/c1-5-9-10-11-12-13-14-15-16-17-18-19-20-21-22-23(6-2,7-3)8-4;1-2-11-12(9,10)8-6-4-3-5-7-8/h5-22H2,1-4H3;2-7H,1H2/q+1;. The van der Waals surface area contributed by atoms with E-state index < -0.39 is 10.1 Å². The van der Waals surface area contributed by atoms with Crippen LogP contribution in [0.25, 0.3) is 0 Å². The van der Waals surface area contributed by atoms with E-state index in [2.05, 4.69) is 38.5 Å². The molecule has 1 aromatic rings. The molecule has 0 heterocycles. The second kappa shape index (κ2) is 21.9. The predicted octanol–water partition coefficient (Wildman–Crippen LogP) is 8.88. The van der Waals surface area contributed by atoms with Crippen molar-refractivity contribution in [2.24, 2.45) is 0 Å². The number of quaternary nitrogens is 1. The second-order valence-corrected chi connectivity index (χ2v) is 11.2.